The third-order valence-corrected chi connectivity index (χ3v) is 7.44. The highest BCUT2D eigenvalue weighted by molar-refractivity contribution is 5.95. The van der Waals surface area contributed by atoms with E-state index >= 15 is 0 Å². The molecule has 198 valence electrons. The number of nitrogens with zero attached hydrogens (tertiary/aromatic N) is 2. The first kappa shape index (κ1) is 25.8. The van der Waals surface area contributed by atoms with E-state index in [1.54, 1.807) is 17.0 Å². The lowest BCUT2D eigenvalue weighted by molar-refractivity contribution is -0.115. The Bertz CT molecular complexity index is 1310. The third-order valence-electron chi connectivity index (χ3n) is 7.44. The van der Waals surface area contributed by atoms with Crippen molar-refractivity contribution >= 4 is 23.2 Å². The molecular weight excluding hydrogens is 491 g/mol. The summed E-state index contributed by atoms with van der Waals surface area (Å²) in [6.07, 6.45) is 3.65. The van der Waals surface area contributed by atoms with Gasteiger partial charge in [-0.15, -0.1) is 0 Å². The second-order valence-electron chi connectivity index (χ2n) is 10.0. The molecule has 2 amide bonds. The van der Waals surface area contributed by atoms with Crippen molar-refractivity contribution in [3.05, 3.63) is 94.8 Å². The summed E-state index contributed by atoms with van der Waals surface area (Å²) in [5.41, 5.74) is 3.09. The number of benzene rings is 3. The van der Waals surface area contributed by atoms with Gasteiger partial charge in [-0.25, -0.2) is 13.2 Å². The minimum Gasteiger partial charge on any atom is -0.369 e. The van der Waals surface area contributed by atoms with Gasteiger partial charge in [0.2, 0.25) is 5.91 Å². The number of carbonyl (C=O) groups excluding carboxylic acids is 2. The van der Waals surface area contributed by atoms with E-state index in [0.717, 1.165) is 56.5 Å². The van der Waals surface area contributed by atoms with Gasteiger partial charge in [0.25, 0.3) is 5.91 Å². The van der Waals surface area contributed by atoms with Crippen molar-refractivity contribution in [3.63, 3.8) is 0 Å². The van der Waals surface area contributed by atoms with Crippen molar-refractivity contribution in [2.24, 2.45) is 0 Å². The molecule has 2 fully saturated rings. The van der Waals surface area contributed by atoms with Crippen LogP contribution in [0.2, 0.25) is 0 Å². The lowest BCUT2D eigenvalue weighted by Gasteiger charge is -2.32. The molecule has 0 unspecified atom stereocenters. The molecule has 0 aliphatic carbocycles. The zero-order valence-electron chi connectivity index (χ0n) is 21.1. The van der Waals surface area contributed by atoms with Crippen LogP contribution in [0.4, 0.5) is 24.5 Å². The summed E-state index contributed by atoms with van der Waals surface area (Å²) in [5.74, 6) is -2.45. The van der Waals surface area contributed by atoms with Gasteiger partial charge in [-0.05, 0) is 85.2 Å². The summed E-state index contributed by atoms with van der Waals surface area (Å²) in [7, 11) is 0. The molecule has 0 atom stereocenters. The summed E-state index contributed by atoms with van der Waals surface area (Å²) in [5, 5.41) is 2.78. The first-order valence-corrected chi connectivity index (χ1v) is 13.0. The Labute approximate surface area is 220 Å². The van der Waals surface area contributed by atoms with Gasteiger partial charge in [0, 0.05) is 37.4 Å². The van der Waals surface area contributed by atoms with Crippen LogP contribution in [0.15, 0.2) is 60.7 Å². The molecular formula is C30H30F3N3O2. The fourth-order valence-electron chi connectivity index (χ4n) is 5.33. The second-order valence-corrected chi connectivity index (χ2v) is 10.0. The number of amides is 2. The normalized spacial score (nSPS) is 16.1. The maximum atomic E-state index is 14.7. The number of carbonyl (C=O) groups is 2. The van der Waals surface area contributed by atoms with E-state index < -0.39 is 11.6 Å². The number of hydrogen-bond acceptors (Lipinski definition) is 3. The first-order valence-electron chi connectivity index (χ1n) is 13.0. The van der Waals surface area contributed by atoms with E-state index in [0.29, 0.717) is 35.6 Å². The van der Waals surface area contributed by atoms with Gasteiger partial charge < -0.3 is 15.1 Å². The van der Waals surface area contributed by atoms with Gasteiger partial charge in [0.15, 0.2) is 11.6 Å². The smallest absolute Gasteiger partial charge is 0.253 e. The van der Waals surface area contributed by atoms with Crippen LogP contribution < -0.4 is 10.2 Å². The van der Waals surface area contributed by atoms with Crippen LogP contribution in [-0.2, 0) is 11.2 Å². The molecule has 38 heavy (non-hydrogen) atoms. The van der Waals surface area contributed by atoms with Gasteiger partial charge in [-0.3, -0.25) is 9.59 Å². The van der Waals surface area contributed by atoms with Crippen LogP contribution in [0, 0.1) is 17.5 Å². The van der Waals surface area contributed by atoms with Crippen LogP contribution >= 0.6 is 0 Å². The zero-order valence-corrected chi connectivity index (χ0v) is 21.1. The molecule has 2 aliphatic rings. The van der Waals surface area contributed by atoms with Crippen LogP contribution in [0.5, 0.6) is 0 Å². The number of hydrogen-bond donors (Lipinski definition) is 1. The summed E-state index contributed by atoms with van der Waals surface area (Å²) in [6.45, 7) is 2.88. The quantitative estimate of drug-likeness (QED) is 0.439. The molecule has 2 aliphatic heterocycles. The number of likely N-dealkylation sites (tertiary alicyclic amines) is 1. The highest BCUT2D eigenvalue weighted by Gasteiger charge is 2.26. The zero-order chi connectivity index (χ0) is 26.6. The maximum Gasteiger partial charge on any atom is 0.253 e. The van der Waals surface area contributed by atoms with Crippen LogP contribution in [0.1, 0.15) is 53.1 Å². The summed E-state index contributed by atoms with van der Waals surface area (Å²) in [4.78, 5) is 29.1. The molecule has 0 spiro atoms. The molecule has 3 aromatic rings. The van der Waals surface area contributed by atoms with E-state index in [1.165, 1.54) is 12.1 Å². The summed E-state index contributed by atoms with van der Waals surface area (Å²) >= 11 is 0. The van der Waals surface area contributed by atoms with Gasteiger partial charge in [0.1, 0.15) is 5.82 Å². The van der Waals surface area contributed by atoms with Crippen LogP contribution in [-0.4, -0.2) is 42.9 Å². The van der Waals surface area contributed by atoms with E-state index in [-0.39, 0.29) is 30.0 Å². The number of halogens is 3. The predicted octanol–water partition coefficient (Wildman–Crippen LogP) is 5.91. The molecule has 3 aromatic carbocycles. The van der Waals surface area contributed by atoms with Crippen LogP contribution in [0.3, 0.4) is 0 Å². The molecule has 5 rings (SSSR count). The number of nitrogens with one attached hydrogen (secondary N) is 1. The Morgan fingerprint density at radius 3 is 2.16 bits per heavy atom. The minimum atomic E-state index is -0.977. The average Bonchev–Trinajstić information content (AvgIpc) is 3.46. The average molecular weight is 522 g/mol. The third kappa shape index (κ3) is 5.85. The molecule has 2 heterocycles. The fraction of sp³-hybridized carbons (Fsp3) is 0.333. The maximum absolute atomic E-state index is 14.7. The topological polar surface area (TPSA) is 52.7 Å². The molecule has 0 aromatic heterocycles. The van der Waals surface area contributed by atoms with Crippen molar-refractivity contribution in [1.82, 2.24) is 4.90 Å². The van der Waals surface area contributed by atoms with Gasteiger partial charge in [-0.1, -0.05) is 18.2 Å². The Morgan fingerprint density at radius 2 is 1.50 bits per heavy atom. The van der Waals surface area contributed by atoms with E-state index in [9.17, 15) is 22.8 Å². The molecule has 1 N–H and O–H groups in total. The molecule has 2 saturated heterocycles. The van der Waals surface area contributed by atoms with E-state index in [4.69, 9.17) is 0 Å². The second kappa shape index (κ2) is 11.3. The van der Waals surface area contributed by atoms with Gasteiger partial charge >= 0.3 is 0 Å². The fourth-order valence-corrected chi connectivity index (χ4v) is 5.33. The monoisotopic (exact) mass is 521 g/mol. The lowest BCUT2D eigenvalue weighted by atomic mass is 9.89. The highest BCUT2D eigenvalue weighted by atomic mass is 19.2. The van der Waals surface area contributed by atoms with E-state index in [1.807, 2.05) is 29.2 Å². The first-order chi connectivity index (χ1) is 18.4. The van der Waals surface area contributed by atoms with E-state index in [2.05, 4.69) is 5.32 Å². The predicted molar refractivity (Wildman–Crippen MR) is 141 cm³/mol. The van der Waals surface area contributed by atoms with Crippen molar-refractivity contribution in [3.8, 4) is 0 Å². The Balaban J connectivity index is 1.13. The Kier molecular flexibility index (Phi) is 7.67. The molecule has 0 bridgehead atoms. The Morgan fingerprint density at radius 1 is 0.789 bits per heavy atom. The van der Waals surface area contributed by atoms with Crippen molar-refractivity contribution in [1.29, 1.82) is 0 Å². The van der Waals surface area contributed by atoms with Gasteiger partial charge in [0.05, 0.1) is 12.1 Å². The highest BCUT2D eigenvalue weighted by Crippen LogP contribution is 2.30. The molecule has 8 heteroatoms. The van der Waals surface area contributed by atoms with Crippen molar-refractivity contribution in [2.75, 3.05) is 36.4 Å². The van der Waals surface area contributed by atoms with Crippen LogP contribution in [0.25, 0.3) is 0 Å². The lowest BCUT2D eigenvalue weighted by Crippen LogP contribution is -2.38. The Hall–Kier alpha value is -3.81. The summed E-state index contributed by atoms with van der Waals surface area (Å²) < 4.78 is 41.1. The number of rotatable bonds is 6. The van der Waals surface area contributed by atoms with Crippen molar-refractivity contribution in [2.45, 2.75) is 38.0 Å². The summed E-state index contributed by atoms with van der Waals surface area (Å²) in [6, 6.07) is 15.8. The SMILES string of the molecule is O=C(Cc1ccc(F)c(F)c1)Nc1ccc(C2CCN(C(=O)c3ccc(N4CCCC4)c(F)c3)CC2)cc1. The number of anilines is 2. The molecule has 0 saturated carbocycles. The van der Waals surface area contributed by atoms with Gasteiger partial charge in [-0.2, -0.15) is 0 Å². The standard InChI is InChI=1S/C30H30F3N3O2/c31-25-9-3-20(17-26(25)32)18-29(37)34-24-7-4-21(5-8-24)22-11-15-36(16-12-22)30(38)23-6-10-28(27(33)19-23)35-13-1-2-14-35/h3-10,17,19,22H,1-2,11-16,18H2,(H,34,37). The molecule has 5 nitrogen and oxygen atoms in total. The largest absolute Gasteiger partial charge is 0.369 e. The number of piperidine rings is 1. The minimum absolute atomic E-state index is 0.0592. The van der Waals surface area contributed by atoms with Crippen molar-refractivity contribution < 1.29 is 22.8 Å². The molecule has 0 radical (unpaired) electrons.